The Bertz CT molecular complexity index is 958. The third kappa shape index (κ3) is 3.39. The van der Waals surface area contributed by atoms with E-state index in [4.69, 9.17) is 4.74 Å². The molecule has 1 heterocycles. The first-order chi connectivity index (χ1) is 12.3. The summed E-state index contributed by atoms with van der Waals surface area (Å²) in [4.78, 5) is 24.7. The maximum absolute atomic E-state index is 12.6. The van der Waals surface area contributed by atoms with Crippen LogP contribution in [-0.2, 0) is 26.2 Å². The quantitative estimate of drug-likeness (QED) is 0.845. The second-order valence-corrected chi connectivity index (χ2v) is 7.43. The fourth-order valence-electron chi connectivity index (χ4n) is 2.60. The molecule has 0 saturated heterocycles. The van der Waals surface area contributed by atoms with E-state index in [-0.39, 0.29) is 17.2 Å². The summed E-state index contributed by atoms with van der Waals surface area (Å²) in [6, 6.07) is 13.2. The summed E-state index contributed by atoms with van der Waals surface area (Å²) < 4.78 is 31.8. The van der Waals surface area contributed by atoms with Crippen LogP contribution in [0.25, 0.3) is 0 Å². The number of carboxylic acids is 1. The maximum Gasteiger partial charge on any atom is 0.416 e. The average Bonchev–Trinajstić information content (AvgIpc) is 2.59. The highest BCUT2D eigenvalue weighted by Crippen LogP contribution is 2.32. The third-order valence-corrected chi connectivity index (χ3v) is 5.28. The fraction of sp³-hybridized carbons (Fsp3) is 0.176. The lowest BCUT2D eigenvalue weighted by Crippen LogP contribution is -2.58. The second kappa shape index (κ2) is 6.77. The van der Waals surface area contributed by atoms with Gasteiger partial charge in [0.15, 0.2) is 0 Å². The Morgan fingerprint density at radius 1 is 1.19 bits per heavy atom. The van der Waals surface area contributed by atoms with Crippen LogP contribution in [0.5, 0.6) is 0 Å². The van der Waals surface area contributed by atoms with E-state index in [0.29, 0.717) is 5.56 Å². The number of nitrogens with zero attached hydrogens (tertiary/aromatic N) is 1. The minimum absolute atomic E-state index is 0.0331. The van der Waals surface area contributed by atoms with Crippen LogP contribution in [0.1, 0.15) is 11.1 Å². The third-order valence-electron chi connectivity index (χ3n) is 3.82. The first kappa shape index (κ1) is 17.9. The van der Waals surface area contributed by atoms with Gasteiger partial charge in [0.2, 0.25) is 16.2 Å². The van der Waals surface area contributed by atoms with E-state index in [0.717, 1.165) is 10.5 Å². The van der Waals surface area contributed by atoms with E-state index >= 15 is 0 Å². The molecule has 136 valence electrons. The van der Waals surface area contributed by atoms with Crippen LogP contribution in [0.15, 0.2) is 53.4 Å². The Balaban J connectivity index is 1.98. The van der Waals surface area contributed by atoms with Gasteiger partial charge in [0.1, 0.15) is 11.5 Å². The SMILES string of the molecule is Cc1ccc2c(c1)N(C(=O)OCc1ccccc1)C(C(=O)O)NS2(=O)=O. The Labute approximate surface area is 150 Å². The highest BCUT2D eigenvalue weighted by Gasteiger charge is 2.43. The molecule has 2 N–H and O–H groups in total. The predicted octanol–water partition coefficient (Wildman–Crippen LogP) is 1.84. The van der Waals surface area contributed by atoms with Crippen LogP contribution in [0.2, 0.25) is 0 Å². The molecule has 0 aromatic heterocycles. The highest BCUT2D eigenvalue weighted by molar-refractivity contribution is 7.89. The van der Waals surface area contributed by atoms with Gasteiger partial charge in [-0.15, -0.1) is 0 Å². The van der Waals surface area contributed by atoms with E-state index in [1.165, 1.54) is 12.1 Å². The van der Waals surface area contributed by atoms with Crippen molar-refractivity contribution in [1.29, 1.82) is 0 Å². The molecule has 1 amide bonds. The van der Waals surface area contributed by atoms with Crippen molar-refractivity contribution in [2.24, 2.45) is 0 Å². The lowest BCUT2D eigenvalue weighted by atomic mass is 10.2. The summed E-state index contributed by atoms with van der Waals surface area (Å²) >= 11 is 0. The van der Waals surface area contributed by atoms with E-state index in [9.17, 15) is 23.1 Å². The number of anilines is 1. The van der Waals surface area contributed by atoms with Crippen LogP contribution in [0, 0.1) is 6.92 Å². The van der Waals surface area contributed by atoms with Crippen molar-refractivity contribution in [3.63, 3.8) is 0 Å². The molecule has 0 bridgehead atoms. The Kier molecular flexibility index (Phi) is 4.66. The highest BCUT2D eigenvalue weighted by atomic mass is 32.2. The molecule has 9 heteroatoms. The number of carbonyl (C=O) groups excluding carboxylic acids is 1. The number of ether oxygens (including phenoxy) is 1. The van der Waals surface area contributed by atoms with Gasteiger partial charge in [-0.05, 0) is 30.2 Å². The van der Waals surface area contributed by atoms with Gasteiger partial charge in [0.05, 0.1) is 5.69 Å². The molecule has 8 nitrogen and oxygen atoms in total. The number of carbonyl (C=O) groups is 2. The number of hydrogen-bond acceptors (Lipinski definition) is 5. The standard InChI is InChI=1S/C17H16N2O6S/c1-11-7-8-14-13(9-11)19(15(16(20)21)18-26(14,23)24)17(22)25-10-12-5-3-2-4-6-12/h2-9,15,18H,10H2,1H3,(H,20,21). The zero-order valence-electron chi connectivity index (χ0n) is 13.7. The van der Waals surface area contributed by atoms with Crippen LogP contribution >= 0.6 is 0 Å². The monoisotopic (exact) mass is 376 g/mol. The molecule has 0 saturated carbocycles. The van der Waals surface area contributed by atoms with Gasteiger partial charge in [0.25, 0.3) is 0 Å². The van der Waals surface area contributed by atoms with E-state index < -0.39 is 28.3 Å². The van der Waals surface area contributed by atoms with Gasteiger partial charge >= 0.3 is 12.1 Å². The molecule has 26 heavy (non-hydrogen) atoms. The summed E-state index contributed by atoms with van der Waals surface area (Å²) in [7, 11) is -4.07. The largest absolute Gasteiger partial charge is 0.479 e. The van der Waals surface area contributed by atoms with Crippen LogP contribution < -0.4 is 9.62 Å². The number of hydrogen-bond donors (Lipinski definition) is 2. The minimum atomic E-state index is -4.07. The molecule has 0 spiro atoms. The molecule has 2 aromatic rings. The zero-order chi connectivity index (χ0) is 18.9. The summed E-state index contributed by atoms with van der Waals surface area (Å²) in [5.74, 6) is -1.52. The first-order valence-corrected chi connectivity index (χ1v) is 9.13. The van der Waals surface area contributed by atoms with Gasteiger partial charge in [-0.3, -0.25) is 0 Å². The molecule has 0 radical (unpaired) electrons. The van der Waals surface area contributed by atoms with Crippen molar-refractivity contribution in [2.45, 2.75) is 24.6 Å². The first-order valence-electron chi connectivity index (χ1n) is 7.65. The second-order valence-electron chi connectivity index (χ2n) is 5.74. The molecule has 3 rings (SSSR count). The Hall–Kier alpha value is -2.91. The minimum Gasteiger partial charge on any atom is -0.479 e. The van der Waals surface area contributed by atoms with Crippen molar-refractivity contribution in [3.8, 4) is 0 Å². The van der Waals surface area contributed by atoms with Crippen molar-refractivity contribution in [3.05, 3.63) is 59.7 Å². The van der Waals surface area contributed by atoms with E-state index in [1.807, 2.05) is 10.8 Å². The summed E-state index contributed by atoms with van der Waals surface area (Å²) in [5.41, 5.74) is 1.36. The van der Waals surface area contributed by atoms with Crippen molar-refractivity contribution in [2.75, 3.05) is 4.90 Å². The van der Waals surface area contributed by atoms with Gasteiger partial charge in [-0.2, -0.15) is 4.72 Å². The van der Waals surface area contributed by atoms with Gasteiger partial charge in [-0.1, -0.05) is 36.4 Å². The lowest BCUT2D eigenvalue weighted by Gasteiger charge is -2.34. The van der Waals surface area contributed by atoms with Crippen molar-refractivity contribution in [1.82, 2.24) is 4.72 Å². The smallest absolute Gasteiger partial charge is 0.416 e. The molecule has 0 fully saturated rings. The van der Waals surface area contributed by atoms with Crippen LogP contribution in [0.3, 0.4) is 0 Å². The zero-order valence-corrected chi connectivity index (χ0v) is 14.6. The van der Waals surface area contributed by atoms with Gasteiger partial charge in [0, 0.05) is 0 Å². The number of nitrogens with one attached hydrogen (secondary N) is 1. The summed E-state index contributed by atoms with van der Waals surface area (Å²) in [6.45, 7) is 1.63. The molecule has 0 aliphatic carbocycles. The molecular formula is C17H16N2O6S. The molecule has 1 aliphatic heterocycles. The summed E-state index contributed by atoms with van der Waals surface area (Å²) in [5, 5.41) is 9.39. The number of rotatable bonds is 3. The molecule has 1 aliphatic rings. The number of carboxylic acid groups (broad SMARTS) is 1. The van der Waals surface area contributed by atoms with Crippen molar-refractivity contribution >= 4 is 27.8 Å². The molecular weight excluding hydrogens is 360 g/mol. The fourth-order valence-corrected chi connectivity index (χ4v) is 3.91. The number of amides is 1. The Morgan fingerprint density at radius 2 is 1.88 bits per heavy atom. The van der Waals surface area contributed by atoms with Crippen molar-refractivity contribution < 1.29 is 27.9 Å². The molecule has 1 atom stereocenters. The van der Waals surface area contributed by atoms with E-state index in [2.05, 4.69) is 0 Å². The van der Waals surface area contributed by atoms with E-state index in [1.54, 1.807) is 37.3 Å². The summed E-state index contributed by atoms with van der Waals surface area (Å²) in [6.07, 6.45) is -2.76. The van der Waals surface area contributed by atoms with Gasteiger partial charge < -0.3 is 9.84 Å². The number of benzene rings is 2. The topological polar surface area (TPSA) is 113 Å². The van der Waals surface area contributed by atoms with Crippen LogP contribution in [-0.4, -0.2) is 31.8 Å². The van der Waals surface area contributed by atoms with Gasteiger partial charge in [-0.25, -0.2) is 22.9 Å². The molecule has 2 aromatic carbocycles. The van der Waals surface area contributed by atoms with Crippen LogP contribution in [0.4, 0.5) is 10.5 Å². The number of aryl methyl sites for hydroxylation is 1. The lowest BCUT2D eigenvalue weighted by molar-refractivity contribution is -0.138. The maximum atomic E-state index is 12.6. The predicted molar refractivity (Wildman–Crippen MR) is 92.0 cm³/mol. The number of sulfonamides is 1. The number of fused-ring (bicyclic) bond motifs is 1. The normalized spacial score (nSPS) is 18.0. The average molecular weight is 376 g/mol. The Morgan fingerprint density at radius 3 is 2.54 bits per heavy atom. The number of aliphatic carboxylic acids is 1. The molecule has 1 unspecified atom stereocenters.